The van der Waals surface area contributed by atoms with Crippen LogP contribution in [0.4, 0.5) is 5.69 Å². The van der Waals surface area contributed by atoms with Gasteiger partial charge in [-0.25, -0.2) is 0 Å². The fourth-order valence-corrected chi connectivity index (χ4v) is 9.41. The van der Waals surface area contributed by atoms with E-state index in [-0.39, 0.29) is 23.5 Å². The van der Waals surface area contributed by atoms with E-state index in [1.54, 1.807) is 19.8 Å². The van der Waals surface area contributed by atoms with Crippen LogP contribution in [0.5, 0.6) is 11.5 Å². The first-order valence-electron chi connectivity index (χ1n) is 11.3. The number of fused-ring (bicyclic) bond motifs is 2. The smallest absolute Gasteiger partial charge is 0.229 e. The molecule has 2 bridgehead atoms. The van der Waals surface area contributed by atoms with Crippen LogP contribution in [0.1, 0.15) is 18.4 Å². The second-order valence-electron chi connectivity index (χ2n) is 9.91. The minimum Gasteiger partial charge on any atom is -0.493 e. The van der Waals surface area contributed by atoms with Crippen LogP contribution in [0.3, 0.4) is 0 Å². The van der Waals surface area contributed by atoms with Crippen LogP contribution >= 0.6 is 22.6 Å². The average Bonchev–Trinajstić information content (AvgIpc) is 3.25. The standard InChI is InChI=1S/C24H27IN2O4/c1-29-16-7-14-15(8-17(16)30-2)27-19(28)9-18-21-20-12(3-6-31-18)11-26-5-4-24(14,23(21)27)22(26)13(20)10-25/h3,7-8,13,18,20-23H,4-6,9-11H2,1-2H3/t13?,18-,20+,21+,22-,23-,24+/m0/s1. The van der Waals surface area contributed by atoms with Crippen LogP contribution in [-0.4, -0.2) is 67.3 Å². The maximum atomic E-state index is 13.6. The summed E-state index contributed by atoms with van der Waals surface area (Å²) in [6.07, 6.45) is 3.92. The SMILES string of the molecule is COc1cc2c(cc1OC)[C@@]13CCN4CC5=CCO[C@H]6CC(=O)N2[C@H]1[C@H]6[C@H]5C(CI)[C@H]43. The van der Waals surface area contributed by atoms with Gasteiger partial charge < -0.3 is 19.1 Å². The maximum absolute atomic E-state index is 13.6. The molecule has 3 saturated heterocycles. The molecule has 5 heterocycles. The molecule has 6 aliphatic rings. The number of halogens is 1. The molecule has 0 radical (unpaired) electrons. The van der Waals surface area contributed by atoms with Gasteiger partial charge in [-0.05, 0) is 36.4 Å². The number of benzene rings is 1. The van der Waals surface area contributed by atoms with E-state index in [0.29, 0.717) is 42.6 Å². The highest BCUT2D eigenvalue weighted by molar-refractivity contribution is 14.1. The first kappa shape index (κ1) is 19.2. The van der Waals surface area contributed by atoms with Crippen LogP contribution < -0.4 is 14.4 Å². The molecule has 1 aromatic carbocycles. The maximum Gasteiger partial charge on any atom is 0.229 e. The summed E-state index contributed by atoms with van der Waals surface area (Å²) in [6, 6.07) is 4.86. The van der Waals surface area contributed by atoms with Gasteiger partial charge in [0.25, 0.3) is 0 Å². The molecule has 7 atom stereocenters. The van der Waals surface area contributed by atoms with Gasteiger partial charge in [0, 0.05) is 34.4 Å². The largest absolute Gasteiger partial charge is 0.493 e. The summed E-state index contributed by atoms with van der Waals surface area (Å²) in [5.41, 5.74) is 3.84. The fourth-order valence-electron chi connectivity index (χ4n) is 8.38. The first-order valence-corrected chi connectivity index (χ1v) is 12.9. The number of anilines is 1. The third kappa shape index (κ3) is 2.10. The van der Waals surface area contributed by atoms with Crippen molar-refractivity contribution in [1.29, 1.82) is 0 Å². The van der Waals surface area contributed by atoms with Gasteiger partial charge in [-0.3, -0.25) is 9.69 Å². The van der Waals surface area contributed by atoms with Crippen molar-refractivity contribution in [2.45, 2.75) is 36.4 Å². The normalized spacial score (nSPS) is 41.6. The van der Waals surface area contributed by atoms with Crippen LogP contribution in [0.25, 0.3) is 0 Å². The number of nitrogens with zero attached hydrogens (tertiary/aromatic N) is 2. The Bertz CT molecular complexity index is 1030. The highest BCUT2D eigenvalue weighted by atomic mass is 127. The Balaban J connectivity index is 1.54. The molecule has 0 N–H and O–H groups in total. The summed E-state index contributed by atoms with van der Waals surface area (Å²) in [5.74, 6) is 3.11. The van der Waals surface area contributed by atoms with Crippen LogP contribution in [-0.2, 0) is 14.9 Å². The molecule has 7 rings (SSSR count). The van der Waals surface area contributed by atoms with E-state index in [0.717, 1.165) is 35.4 Å². The molecule has 1 aromatic rings. The Hall–Kier alpha value is -1.32. The summed E-state index contributed by atoms with van der Waals surface area (Å²) < 4.78 is 18.9. The molecule has 1 unspecified atom stereocenters. The highest BCUT2D eigenvalue weighted by Crippen LogP contribution is 2.68. The summed E-state index contributed by atoms with van der Waals surface area (Å²) in [5, 5.41) is 0. The van der Waals surface area contributed by atoms with Gasteiger partial charge >= 0.3 is 0 Å². The van der Waals surface area contributed by atoms with Crippen molar-refractivity contribution in [3.05, 3.63) is 29.3 Å². The van der Waals surface area contributed by atoms with Crippen molar-refractivity contribution >= 4 is 34.2 Å². The van der Waals surface area contributed by atoms with Crippen molar-refractivity contribution in [3.63, 3.8) is 0 Å². The molecule has 7 heteroatoms. The van der Waals surface area contributed by atoms with E-state index >= 15 is 0 Å². The number of rotatable bonds is 3. The van der Waals surface area contributed by atoms with Gasteiger partial charge in [0.1, 0.15) is 0 Å². The van der Waals surface area contributed by atoms with Crippen LogP contribution in [0.15, 0.2) is 23.8 Å². The Kier molecular flexibility index (Phi) is 3.95. The molecule has 164 valence electrons. The van der Waals surface area contributed by atoms with E-state index in [1.165, 1.54) is 5.56 Å². The van der Waals surface area contributed by atoms with E-state index < -0.39 is 0 Å². The lowest BCUT2D eigenvalue weighted by atomic mass is 9.50. The van der Waals surface area contributed by atoms with Gasteiger partial charge in [0.05, 0.1) is 45.1 Å². The Morgan fingerprint density at radius 1 is 1.23 bits per heavy atom. The summed E-state index contributed by atoms with van der Waals surface area (Å²) >= 11 is 2.61. The number of methoxy groups -OCH3 is 2. The number of hydrogen-bond acceptors (Lipinski definition) is 5. The van der Waals surface area contributed by atoms with Crippen molar-refractivity contribution in [2.24, 2.45) is 17.8 Å². The topological polar surface area (TPSA) is 51.2 Å². The molecule has 4 fully saturated rings. The molecule has 0 aromatic heterocycles. The molecule has 1 saturated carbocycles. The van der Waals surface area contributed by atoms with Crippen LogP contribution in [0.2, 0.25) is 0 Å². The molecule has 1 spiro atoms. The number of hydrogen-bond donors (Lipinski definition) is 0. The van der Waals surface area contributed by atoms with Gasteiger partial charge in [0.15, 0.2) is 11.5 Å². The number of piperidine rings is 2. The Morgan fingerprint density at radius 2 is 2.03 bits per heavy atom. The molecular weight excluding hydrogens is 507 g/mol. The molecule has 1 aliphatic carbocycles. The van der Waals surface area contributed by atoms with Crippen molar-refractivity contribution < 1.29 is 19.0 Å². The fraction of sp³-hybridized carbons (Fsp3) is 0.625. The predicted octanol–water partition coefficient (Wildman–Crippen LogP) is 2.77. The predicted molar refractivity (Wildman–Crippen MR) is 124 cm³/mol. The Labute approximate surface area is 196 Å². The zero-order valence-electron chi connectivity index (χ0n) is 17.8. The zero-order chi connectivity index (χ0) is 21.1. The highest BCUT2D eigenvalue weighted by Gasteiger charge is 2.73. The minimum absolute atomic E-state index is 0.0148. The lowest BCUT2D eigenvalue weighted by molar-refractivity contribution is -0.135. The van der Waals surface area contributed by atoms with E-state index in [1.807, 2.05) is 0 Å². The lowest BCUT2D eigenvalue weighted by Crippen LogP contribution is -2.72. The van der Waals surface area contributed by atoms with Gasteiger partial charge in [-0.1, -0.05) is 34.2 Å². The molecule has 6 nitrogen and oxygen atoms in total. The first-order chi connectivity index (χ1) is 15.1. The van der Waals surface area contributed by atoms with E-state index in [4.69, 9.17) is 14.2 Å². The summed E-state index contributed by atoms with van der Waals surface area (Å²) in [6.45, 7) is 2.79. The third-order valence-corrected chi connectivity index (χ3v) is 10.2. The van der Waals surface area contributed by atoms with Gasteiger partial charge in [0.2, 0.25) is 5.91 Å². The van der Waals surface area contributed by atoms with Crippen molar-refractivity contribution in [2.75, 3.05) is 43.2 Å². The number of alkyl halides is 1. The molecule has 31 heavy (non-hydrogen) atoms. The number of amides is 1. The summed E-state index contributed by atoms with van der Waals surface area (Å²) in [7, 11) is 3.37. The molecule has 1 amide bonds. The quantitative estimate of drug-likeness (QED) is 0.339. The number of carbonyl (C=O) groups excluding carboxylic acids is 1. The zero-order valence-corrected chi connectivity index (χ0v) is 20.0. The second-order valence-corrected chi connectivity index (χ2v) is 10.8. The molecular formula is C24H27IN2O4. The minimum atomic E-state index is -0.0561. The number of carbonyl (C=O) groups is 1. The van der Waals surface area contributed by atoms with Crippen molar-refractivity contribution in [1.82, 2.24) is 4.90 Å². The van der Waals surface area contributed by atoms with Crippen LogP contribution in [0, 0.1) is 17.8 Å². The molecule has 5 aliphatic heterocycles. The monoisotopic (exact) mass is 534 g/mol. The summed E-state index contributed by atoms with van der Waals surface area (Å²) in [4.78, 5) is 18.5. The van der Waals surface area contributed by atoms with Crippen molar-refractivity contribution in [3.8, 4) is 11.5 Å². The number of ether oxygens (including phenoxy) is 3. The van der Waals surface area contributed by atoms with E-state index in [9.17, 15) is 4.79 Å². The Morgan fingerprint density at radius 3 is 2.81 bits per heavy atom. The van der Waals surface area contributed by atoms with Gasteiger partial charge in [-0.15, -0.1) is 0 Å². The third-order valence-electron chi connectivity index (χ3n) is 9.17. The average molecular weight is 534 g/mol. The lowest BCUT2D eigenvalue weighted by Gasteiger charge is -2.62. The van der Waals surface area contributed by atoms with Gasteiger partial charge in [-0.2, -0.15) is 0 Å². The van der Waals surface area contributed by atoms with E-state index in [2.05, 4.69) is 50.6 Å². The second kappa shape index (κ2) is 6.38.